The molecule has 3 nitrogen and oxygen atoms in total. The first kappa shape index (κ1) is 10.8. The summed E-state index contributed by atoms with van der Waals surface area (Å²) in [5.41, 5.74) is 2.46. The van der Waals surface area contributed by atoms with Gasteiger partial charge in [-0.25, -0.2) is 0 Å². The van der Waals surface area contributed by atoms with Gasteiger partial charge in [0.05, 0.1) is 6.61 Å². The molecule has 0 saturated heterocycles. The van der Waals surface area contributed by atoms with E-state index in [9.17, 15) is 0 Å². The minimum Gasteiger partial charge on any atom is -0.364 e. The number of nitrogens with zero attached hydrogens (tertiary/aromatic N) is 1. The van der Waals surface area contributed by atoms with Gasteiger partial charge in [0.25, 0.3) is 0 Å². The van der Waals surface area contributed by atoms with Crippen LogP contribution in [0.5, 0.6) is 0 Å². The molecule has 1 aliphatic rings. The van der Waals surface area contributed by atoms with E-state index >= 15 is 0 Å². The summed E-state index contributed by atoms with van der Waals surface area (Å²) in [6.45, 7) is 1.88. The molecule has 0 radical (unpaired) electrons. The molecule has 0 bridgehead atoms. The summed E-state index contributed by atoms with van der Waals surface area (Å²) in [6, 6.07) is 6.46. The molecule has 0 amide bonds. The Labute approximate surface area is 94.4 Å². The highest BCUT2D eigenvalue weighted by Crippen LogP contribution is 2.29. The zero-order chi connectivity index (χ0) is 10.7. The van der Waals surface area contributed by atoms with Crippen LogP contribution >= 0.6 is 11.8 Å². The van der Waals surface area contributed by atoms with Gasteiger partial charge in [-0.05, 0) is 24.5 Å². The van der Waals surface area contributed by atoms with Crippen molar-refractivity contribution in [1.29, 1.82) is 0 Å². The first-order valence-electron chi connectivity index (χ1n) is 4.83. The lowest BCUT2D eigenvalue weighted by atomic mass is 10.1. The van der Waals surface area contributed by atoms with E-state index in [1.165, 1.54) is 16.1 Å². The Morgan fingerprint density at radius 2 is 2.40 bits per heavy atom. The normalized spacial score (nSPS) is 15.2. The number of ether oxygens (including phenoxy) is 2. The summed E-state index contributed by atoms with van der Waals surface area (Å²) in [7, 11) is 1.70. The Kier molecular flexibility index (Phi) is 3.51. The number of hydrogen-bond acceptors (Lipinski definition) is 4. The third-order valence-corrected chi connectivity index (χ3v) is 3.14. The Hall–Kier alpha value is -0.710. The van der Waals surface area contributed by atoms with Gasteiger partial charge in [-0.15, -0.1) is 11.8 Å². The lowest BCUT2D eigenvalue weighted by Crippen LogP contribution is -2.32. The van der Waals surface area contributed by atoms with Crippen LogP contribution in [0.3, 0.4) is 0 Å². The van der Waals surface area contributed by atoms with Gasteiger partial charge in [0, 0.05) is 23.3 Å². The van der Waals surface area contributed by atoms with E-state index in [1.54, 1.807) is 18.9 Å². The molecule has 0 aliphatic carbocycles. The van der Waals surface area contributed by atoms with Crippen molar-refractivity contribution in [1.82, 2.24) is 0 Å². The number of methoxy groups -OCH3 is 1. The number of hydrogen-bond donors (Lipinski definition) is 0. The van der Waals surface area contributed by atoms with Gasteiger partial charge in [0.1, 0.15) is 13.5 Å². The van der Waals surface area contributed by atoms with Crippen molar-refractivity contribution in [2.24, 2.45) is 0 Å². The molecule has 0 unspecified atom stereocenters. The van der Waals surface area contributed by atoms with E-state index < -0.39 is 0 Å². The van der Waals surface area contributed by atoms with Crippen LogP contribution in [-0.2, 0) is 16.1 Å². The second-order valence-electron chi connectivity index (χ2n) is 3.43. The fraction of sp³-hybridized carbons (Fsp3) is 0.455. The summed E-state index contributed by atoms with van der Waals surface area (Å²) in [4.78, 5) is 3.36. The first-order valence-corrected chi connectivity index (χ1v) is 6.06. The zero-order valence-electron chi connectivity index (χ0n) is 9.03. The molecule has 1 heterocycles. The minimum absolute atomic E-state index is 0.575. The van der Waals surface area contributed by atoms with Gasteiger partial charge in [-0.1, -0.05) is 0 Å². The summed E-state index contributed by atoms with van der Waals surface area (Å²) in [5.74, 6) is 0. The lowest BCUT2D eigenvalue weighted by Gasteiger charge is -2.30. The Balaban J connectivity index is 2.28. The molecule has 0 N–H and O–H groups in total. The number of benzene rings is 1. The highest BCUT2D eigenvalue weighted by Gasteiger charge is 2.16. The van der Waals surface area contributed by atoms with Gasteiger partial charge >= 0.3 is 0 Å². The molecule has 1 aromatic carbocycles. The van der Waals surface area contributed by atoms with Crippen molar-refractivity contribution in [2.45, 2.75) is 11.5 Å². The molecule has 82 valence electrons. The van der Waals surface area contributed by atoms with E-state index in [-0.39, 0.29) is 0 Å². The number of thioether (sulfide) groups is 1. The average molecular weight is 225 g/mol. The molecule has 4 heteroatoms. The smallest absolute Gasteiger partial charge is 0.121 e. The van der Waals surface area contributed by atoms with Crippen LogP contribution in [0.2, 0.25) is 0 Å². The average Bonchev–Trinajstić information content (AvgIpc) is 2.29. The number of fused-ring (bicyclic) bond motifs is 1. The monoisotopic (exact) mass is 225 g/mol. The SMILES string of the molecule is COCN1COCc2cc(SC)ccc21. The maximum absolute atomic E-state index is 5.50. The van der Waals surface area contributed by atoms with Crippen molar-refractivity contribution in [2.75, 3.05) is 31.7 Å². The van der Waals surface area contributed by atoms with Gasteiger partial charge in [0.2, 0.25) is 0 Å². The largest absolute Gasteiger partial charge is 0.364 e. The molecule has 1 aromatic rings. The van der Waals surface area contributed by atoms with E-state index in [0.717, 1.165) is 0 Å². The van der Waals surface area contributed by atoms with Gasteiger partial charge < -0.3 is 14.4 Å². The number of anilines is 1. The van der Waals surface area contributed by atoms with Crippen LogP contribution in [0, 0.1) is 0 Å². The highest BCUT2D eigenvalue weighted by molar-refractivity contribution is 7.98. The summed E-state index contributed by atoms with van der Waals surface area (Å²) in [5, 5.41) is 0. The highest BCUT2D eigenvalue weighted by atomic mass is 32.2. The van der Waals surface area contributed by atoms with E-state index in [4.69, 9.17) is 9.47 Å². The van der Waals surface area contributed by atoms with Crippen molar-refractivity contribution in [3.8, 4) is 0 Å². The molecule has 0 atom stereocenters. The summed E-state index contributed by atoms with van der Waals surface area (Å²) >= 11 is 1.75. The molecule has 0 aromatic heterocycles. The second kappa shape index (κ2) is 4.88. The third kappa shape index (κ3) is 2.27. The first-order chi connectivity index (χ1) is 7.35. The van der Waals surface area contributed by atoms with E-state index in [0.29, 0.717) is 20.1 Å². The fourth-order valence-corrected chi connectivity index (χ4v) is 2.18. The van der Waals surface area contributed by atoms with Crippen molar-refractivity contribution < 1.29 is 9.47 Å². The summed E-state index contributed by atoms with van der Waals surface area (Å²) < 4.78 is 10.6. The van der Waals surface area contributed by atoms with Gasteiger partial charge in [0.15, 0.2) is 0 Å². The maximum Gasteiger partial charge on any atom is 0.121 e. The molecule has 1 aliphatic heterocycles. The molecule has 0 saturated carbocycles. The van der Waals surface area contributed by atoms with Crippen LogP contribution in [0.25, 0.3) is 0 Å². The third-order valence-electron chi connectivity index (χ3n) is 2.42. The molecule has 0 spiro atoms. The van der Waals surface area contributed by atoms with Gasteiger partial charge in [-0.3, -0.25) is 0 Å². The van der Waals surface area contributed by atoms with Crippen molar-refractivity contribution in [3.05, 3.63) is 23.8 Å². The molecular weight excluding hydrogens is 210 g/mol. The molecule has 2 rings (SSSR count). The Bertz CT molecular complexity index is 343. The quantitative estimate of drug-likeness (QED) is 0.736. The molecule has 0 fully saturated rings. The van der Waals surface area contributed by atoms with Crippen LogP contribution in [-0.4, -0.2) is 26.8 Å². The van der Waals surface area contributed by atoms with Crippen molar-refractivity contribution in [3.63, 3.8) is 0 Å². The number of rotatable bonds is 3. The Morgan fingerprint density at radius 1 is 1.53 bits per heavy atom. The minimum atomic E-state index is 0.575. The zero-order valence-corrected chi connectivity index (χ0v) is 9.84. The standard InChI is InChI=1S/C11H15NO2S/c1-13-7-12-8-14-6-9-5-10(15-2)3-4-11(9)12/h3-5H,6-8H2,1-2H3. The topological polar surface area (TPSA) is 21.7 Å². The molecular formula is C11H15NO2S. The molecule has 15 heavy (non-hydrogen) atoms. The Morgan fingerprint density at radius 3 is 3.13 bits per heavy atom. The van der Waals surface area contributed by atoms with Crippen LogP contribution in [0.1, 0.15) is 5.56 Å². The van der Waals surface area contributed by atoms with Crippen molar-refractivity contribution >= 4 is 17.4 Å². The van der Waals surface area contributed by atoms with Crippen LogP contribution < -0.4 is 4.90 Å². The van der Waals surface area contributed by atoms with Crippen LogP contribution in [0.15, 0.2) is 23.1 Å². The van der Waals surface area contributed by atoms with Gasteiger partial charge in [-0.2, -0.15) is 0 Å². The lowest BCUT2D eigenvalue weighted by molar-refractivity contribution is 0.0835. The maximum atomic E-state index is 5.50. The summed E-state index contributed by atoms with van der Waals surface area (Å²) in [6.07, 6.45) is 2.08. The van der Waals surface area contributed by atoms with E-state index in [2.05, 4.69) is 29.4 Å². The second-order valence-corrected chi connectivity index (χ2v) is 4.31. The fourth-order valence-electron chi connectivity index (χ4n) is 1.71. The predicted octanol–water partition coefficient (Wildman–Crippen LogP) is 2.31. The van der Waals surface area contributed by atoms with Crippen LogP contribution in [0.4, 0.5) is 5.69 Å². The van der Waals surface area contributed by atoms with E-state index in [1.807, 2.05) is 0 Å². The predicted molar refractivity (Wildman–Crippen MR) is 62.2 cm³/mol.